The predicted molar refractivity (Wildman–Crippen MR) is 66.3 cm³/mol. The summed E-state index contributed by atoms with van der Waals surface area (Å²) in [6.07, 6.45) is 1.60. The molecule has 2 aromatic rings. The van der Waals surface area contributed by atoms with E-state index in [1.165, 1.54) is 0 Å². The summed E-state index contributed by atoms with van der Waals surface area (Å²) in [6.45, 7) is 1.99. The van der Waals surface area contributed by atoms with Crippen LogP contribution < -0.4 is 0 Å². The third-order valence-corrected chi connectivity index (χ3v) is 3.50. The Morgan fingerprint density at radius 2 is 2.12 bits per heavy atom. The maximum absolute atomic E-state index is 10.1. The normalized spacial score (nSPS) is 12.7. The number of hydrogen-bond donors (Lipinski definition) is 1. The average molecular weight is 281 g/mol. The summed E-state index contributed by atoms with van der Waals surface area (Å²) in [5.41, 5.74) is 2.01. The molecule has 2 rings (SSSR count). The Bertz CT molecular complexity index is 463. The predicted octanol–water partition coefficient (Wildman–Crippen LogP) is 3.63. The highest BCUT2D eigenvalue weighted by molar-refractivity contribution is 9.10. The van der Waals surface area contributed by atoms with E-state index in [1.807, 2.05) is 37.3 Å². The average Bonchev–Trinajstić information content (AvgIpc) is 2.74. The summed E-state index contributed by atoms with van der Waals surface area (Å²) in [6, 6.07) is 9.54. The van der Waals surface area contributed by atoms with E-state index in [0.29, 0.717) is 6.42 Å². The summed E-state index contributed by atoms with van der Waals surface area (Å²) in [5, 5.41) is 10.1. The van der Waals surface area contributed by atoms with Gasteiger partial charge in [0.05, 0.1) is 12.4 Å². The van der Waals surface area contributed by atoms with E-state index in [-0.39, 0.29) is 0 Å². The lowest BCUT2D eigenvalue weighted by Crippen LogP contribution is -2.03. The van der Waals surface area contributed by atoms with Crippen molar-refractivity contribution in [2.45, 2.75) is 19.4 Å². The van der Waals surface area contributed by atoms with Crippen LogP contribution in [-0.2, 0) is 6.42 Å². The number of hydrogen-bond acceptors (Lipinski definition) is 2. The molecule has 0 radical (unpaired) electrons. The highest BCUT2D eigenvalue weighted by atomic mass is 79.9. The molecule has 2 nitrogen and oxygen atoms in total. The largest absolute Gasteiger partial charge is 0.469 e. The maximum atomic E-state index is 10.1. The monoisotopic (exact) mass is 280 g/mol. The molecular formula is C13H13BrO2. The van der Waals surface area contributed by atoms with Gasteiger partial charge in [-0.15, -0.1) is 0 Å². The fraction of sp³-hybridized carbons (Fsp3) is 0.231. The molecule has 3 heteroatoms. The Morgan fingerprint density at radius 3 is 2.81 bits per heavy atom. The topological polar surface area (TPSA) is 33.4 Å². The molecule has 0 spiro atoms. The zero-order chi connectivity index (χ0) is 11.5. The summed E-state index contributed by atoms with van der Waals surface area (Å²) in [7, 11) is 0. The zero-order valence-corrected chi connectivity index (χ0v) is 10.6. The molecule has 1 aromatic carbocycles. The summed E-state index contributed by atoms with van der Waals surface area (Å²) in [4.78, 5) is 0. The van der Waals surface area contributed by atoms with E-state index in [4.69, 9.17) is 4.42 Å². The van der Waals surface area contributed by atoms with E-state index >= 15 is 0 Å². The number of benzene rings is 1. The third-order valence-electron chi connectivity index (χ3n) is 2.64. The van der Waals surface area contributed by atoms with E-state index < -0.39 is 6.10 Å². The minimum absolute atomic E-state index is 0.504. The van der Waals surface area contributed by atoms with Crippen molar-refractivity contribution < 1.29 is 9.52 Å². The van der Waals surface area contributed by atoms with Gasteiger partial charge in [-0.3, -0.25) is 0 Å². The SMILES string of the molecule is Cc1c(Br)cccc1C(O)Cc1ccco1. The van der Waals surface area contributed by atoms with Crippen molar-refractivity contribution in [2.24, 2.45) is 0 Å². The lowest BCUT2D eigenvalue weighted by Gasteiger charge is -2.13. The van der Waals surface area contributed by atoms with Crippen LogP contribution in [0.15, 0.2) is 45.5 Å². The van der Waals surface area contributed by atoms with Gasteiger partial charge in [0.25, 0.3) is 0 Å². The van der Waals surface area contributed by atoms with Crippen LogP contribution in [0.25, 0.3) is 0 Å². The summed E-state index contributed by atoms with van der Waals surface area (Å²) in [5.74, 6) is 0.798. The molecule has 1 aromatic heterocycles. The Hall–Kier alpha value is -1.06. The van der Waals surface area contributed by atoms with Crippen molar-refractivity contribution in [1.82, 2.24) is 0 Å². The molecule has 84 valence electrons. The molecule has 0 saturated heterocycles. The molecule has 16 heavy (non-hydrogen) atoms. The van der Waals surface area contributed by atoms with Crippen LogP contribution in [0.4, 0.5) is 0 Å². The summed E-state index contributed by atoms with van der Waals surface area (Å²) >= 11 is 3.46. The smallest absolute Gasteiger partial charge is 0.106 e. The summed E-state index contributed by atoms with van der Waals surface area (Å²) < 4.78 is 6.24. The van der Waals surface area contributed by atoms with Gasteiger partial charge in [-0.2, -0.15) is 0 Å². The lowest BCUT2D eigenvalue weighted by molar-refractivity contribution is 0.169. The van der Waals surface area contributed by atoms with Gasteiger partial charge in [-0.1, -0.05) is 28.1 Å². The van der Waals surface area contributed by atoms with Crippen molar-refractivity contribution in [2.75, 3.05) is 0 Å². The molecule has 0 fully saturated rings. The van der Waals surface area contributed by atoms with E-state index in [2.05, 4.69) is 15.9 Å². The van der Waals surface area contributed by atoms with Crippen LogP contribution in [0, 0.1) is 6.92 Å². The number of furan rings is 1. The van der Waals surface area contributed by atoms with Gasteiger partial charge in [-0.25, -0.2) is 0 Å². The van der Waals surface area contributed by atoms with Crippen molar-refractivity contribution in [3.63, 3.8) is 0 Å². The molecule has 1 atom stereocenters. The standard InChI is InChI=1S/C13H13BrO2/c1-9-11(5-2-6-12(9)14)13(15)8-10-4-3-7-16-10/h2-7,13,15H,8H2,1H3. The van der Waals surface area contributed by atoms with Gasteiger partial charge in [0, 0.05) is 10.9 Å². The minimum atomic E-state index is -0.524. The number of aliphatic hydroxyl groups excluding tert-OH is 1. The first-order valence-electron chi connectivity index (χ1n) is 5.14. The van der Waals surface area contributed by atoms with Crippen LogP contribution >= 0.6 is 15.9 Å². The molecular weight excluding hydrogens is 268 g/mol. The minimum Gasteiger partial charge on any atom is -0.469 e. The molecule has 1 heterocycles. The molecule has 0 amide bonds. The zero-order valence-electron chi connectivity index (χ0n) is 8.98. The Morgan fingerprint density at radius 1 is 1.31 bits per heavy atom. The van der Waals surface area contributed by atoms with Crippen molar-refractivity contribution in [3.05, 3.63) is 58.0 Å². The Kier molecular flexibility index (Phi) is 3.46. The van der Waals surface area contributed by atoms with Gasteiger partial charge < -0.3 is 9.52 Å². The van der Waals surface area contributed by atoms with Gasteiger partial charge in [0.15, 0.2) is 0 Å². The van der Waals surface area contributed by atoms with Crippen LogP contribution in [-0.4, -0.2) is 5.11 Å². The maximum Gasteiger partial charge on any atom is 0.106 e. The van der Waals surface area contributed by atoms with Crippen molar-refractivity contribution >= 4 is 15.9 Å². The van der Waals surface area contributed by atoms with E-state index in [0.717, 1.165) is 21.4 Å². The Balaban J connectivity index is 2.21. The van der Waals surface area contributed by atoms with Crippen LogP contribution in [0.2, 0.25) is 0 Å². The van der Waals surface area contributed by atoms with Gasteiger partial charge in [0.1, 0.15) is 5.76 Å². The second-order valence-corrected chi connectivity index (χ2v) is 4.61. The van der Waals surface area contributed by atoms with Crippen molar-refractivity contribution in [1.29, 1.82) is 0 Å². The first-order chi connectivity index (χ1) is 7.68. The van der Waals surface area contributed by atoms with E-state index in [9.17, 15) is 5.11 Å². The lowest BCUT2D eigenvalue weighted by atomic mass is 10.0. The molecule has 0 aliphatic carbocycles. The second kappa shape index (κ2) is 4.85. The molecule has 0 bridgehead atoms. The Labute approximate surface area is 103 Å². The van der Waals surface area contributed by atoms with Crippen molar-refractivity contribution in [3.8, 4) is 0 Å². The van der Waals surface area contributed by atoms with Gasteiger partial charge in [0.2, 0.25) is 0 Å². The first-order valence-corrected chi connectivity index (χ1v) is 5.93. The number of rotatable bonds is 3. The second-order valence-electron chi connectivity index (χ2n) is 3.75. The molecule has 1 unspecified atom stereocenters. The van der Waals surface area contributed by atoms with Crippen LogP contribution in [0.5, 0.6) is 0 Å². The highest BCUT2D eigenvalue weighted by Gasteiger charge is 2.13. The van der Waals surface area contributed by atoms with Gasteiger partial charge >= 0.3 is 0 Å². The molecule has 0 aliphatic heterocycles. The fourth-order valence-electron chi connectivity index (χ4n) is 1.71. The molecule has 0 aliphatic rings. The highest BCUT2D eigenvalue weighted by Crippen LogP contribution is 2.26. The molecule has 0 saturated carbocycles. The fourth-order valence-corrected chi connectivity index (χ4v) is 2.10. The first kappa shape index (κ1) is 11.4. The quantitative estimate of drug-likeness (QED) is 0.932. The van der Waals surface area contributed by atoms with E-state index in [1.54, 1.807) is 6.26 Å². The number of halogens is 1. The van der Waals surface area contributed by atoms with Crippen LogP contribution in [0.1, 0.15) is 23.0 Å². The third kappa shape index (κ3) is 2.36. The van der Waals surface area contributed by atoms with Crippen LogP contribution in [0.3, 0.4) is 0 Å². The molecule has 1 N–H and O–H groups in total. The van der Waals surface area contributed by atoms with Gasteiger partial charge in [-0.05, 0) is 36.2 Å². The number of aliphatic hydroxyl groups is 1.